The van der Waals surface area contributed by atoms with Gasteiger partial charge in [0.05, 0.1) is 4.47 Å². The van der Waals surface area contributed by atoms with Gasteiger partial charge in [-0.1, -0.05) is 6.92 Å². The van der Waals surface area contributed by atoms with Crippen molar-refractivity contribution < 1.29 is 0 Å². The smallest absolute Gasteiger partial charge is 0.222 e. The van der Waals surface area contributed by atoms with Crippen molar-refractivity contribution in [1.82, 2.24) is 9.97 Å². The van der Waals surface area contributed by atoms with Gasteiger partial charge in [0, 0.05) is 19.3 Å². The molecule has 0 saturated heterocycles. The molecule has 1 aliphatic carbocycles. The number of hydrogen-bond acceptors (Lipinski definition) is 4. The Hall–Kier alpha value is -0.840. The molecule has 1 heterocycles. The second-order valence-corrected chi connectivity index (χ2v) is 5.78. The summed E-state index contributed by atoms with van der Waals surface area (Å²) in [6.45, 7) is 2.33. The molecule has 4 nitrogen and oxygen atoms in total. The van der Waals surface area contributed by atoms with Gasteiger partial charge >= 0.3 is 0 Å². The summed E-state index contributed by atoms with van der Waals surface area (Å²) in [7, 11) is 2.09. The van der Waals surface area contributed by atoms with Crippen molar-refractivity contribution in [3.8, 4) is 0 Å². The van der Waals surface area contributed by atoms with E-state index in [1.165, 1.54) is 25.7 Å². The molecule has 0 radical (unpaired) electrons. The zero-order valence-electron chi connectivity index (χ0n) is 10.4. The van der Waals surface area contributed by atoms with Crippen LogP contribution in [0, 0.1) is 5.92 Å². The molecule has 1 aromatic rings. The van der Waals surface area contributed by atoms with E-state index >= 15 is 0 Å². The average molecular weight is 299 g/mol. The lowest BCUT2D eigenvalue weighted by atomic mass is 9.87. The minimum Gasteiger partial charge on any atom is -0.368 e. The van der Waals surface area contributed by atoms with Crippen LogP contribution in [0.3, 0.4) is 0 Å². The fraction of sp³-hybridized carbons (Fsp3) is 0.667. The van der Waals surface area contributed by atoms with Crippen LogP contribution in [0.25, 0.3) is 0 Å². The Bertz CT molecular complexity index is 388. The van der Waals surface area contributed by atoms with Gasteiger partial charge in [0.15, 0.2) is 0 Å². The summed E-state index contributed by atoms with van der Waals surface area (Å²) in [6, 6.07) is 0.566. The molecular weight excluding hydrogens is 280 g/mol. The fourth-order valence-corrected chi connectivity index (χ4v) is 2.89. The molecule has 0 amide bonds. The van der Waals surface area contributed by atoms with E-state index in [2.05, 4.69) is 44.8 Å². The third-order valence-electron chi connectivity index (χ3n) is 3.61. The van der Waals surface area contributed by atoms with Crippen LogP contribution >= 0.6 is 15.9 Å². The van der Waals surface area contributed by atoms with E-state index in [1.807, 2.05) is 0 Å². The predicted molar refractivity (Wildman–Crippen MR) is 74.0 cm³/mol. The number of nitrogens with zero attached hydrogens (tertiary/aromatic N) is 3. The van der Waals surface area contributed by atoms with Gasteiger partial charge in [-0.3, -0.25) is 0 Å². The first-order chi connectivity index (χ1) is 8.08. The number of rotatable bonds is 2. The minimum absolute atomic E-state index is 0.333. The molecular formula is C12H19BrN4. The van der Waals surface area contributed by atoms with Crippen LogP contribution in [0.4, 0.5) is 11.8 Å². The first-order valence-electron chi connectivity index (χ1n) is 6.08. The van der Waals surface area contributed by atoms with Crippen LogP contribution in [-0.4, -0.2) is 23.1 Å². The Morgan fingerprint density at radius 3 is 2.65 bits per heavy atom. The van der Waals surface area contributed by atoms with Crippen molar-refractivity contribution >= 4 is 27.7 Å². The van der Waals surface area contributed by atoms with E-state index < -0.39 is 0 Å². The van der Waals surface area contributed by atoms with E-state index in [9.17, 15) is 0 Å². The summed E-state index contributed by atoms with van der Waals surface area (Å²) >= 11 is 3.49. The Labute approximate surface area is 111 Å². The third kappa shape index (κ3) is 2.89. The number of anilines is 2. The van der Waals surface area contributed by atoms with Crippen molar-refractivity contribution in [2.24, 2.45) is 5.92 Å². The van der Waals surface area contributed by atoms with Crippen LogP contribution in [-0.2, 0) is 0 Å². The van der Waals surface area contributed by atoms with E-state index in [0.29, 0.717) is 12.0 Å². The first-order valence-corrected chi connectivity index (χ1v) is 6.88. The second kappa shape index (κ2) is 5.21. The minimum atomic E-state index is 0.333. The highest BCUT2D eigenvalue weighted by atomic mass is 79.9. The zero-order valence-corrected chi connectivity index (χ0v) is 11.9. The van der Waals surface area contributed by atoms with Crippen LogP contribution < -0.4 is 10.6 Å². The highest BCUT2D eigenvalue weighted by Gasteiger charge is 2.23. The van der Waals surface area contributed by atoms with Gasteiger partial charge in [-0.15, -0.1) is 0 Å². The fourth-order valence-electron chi connectivity index (χ4n) is 2.42. The summed E-state index contributed by atoms with van der Waals surface area (Å²) in [5, 5.41) is 0. The zero-order chi connectivity index (χ0) is 12.4. The van der Waals surface area contributed by atoms with Gasteiger partial charge < -0.3 is 10.6 Å². The maximum absolute atomic E-state index is 5.65. The van der Waals surface area contributed by atoms with Crippen molar-refractivity contribution in [3.05, 3.63) is 10.7 Å². The lowest BCUT2D eigenvalue weighted by Crippen LogP contribution is -2.35. The molecule has 1 saturated carbocycles. The molecule has 17 heavy (non-hydrogen) atoms. The average Bonchev–Trinajstić information content (AvgIpc) is 2.32. The molecule has 2 N–H and O–H groups in total. The SMILES string of the molecule is CC1CCC(N(C)c2nc(N)ncc2Br)CC1. The molecule has 1 fully saturated rings. The summed E-state index contributed by atoms with van der Waals surface area (Å²) < 4.78 is 0.910. The molecule has 0 aromatic carbocycles. The topological polar surface area (TPSA) is 55.0 Å². The van der Waals surface area contributed by atoms with Gasteiger partial charge in [-0.25, -0.2) is 4.98 Å². The highest BCUT2D eigenvalue weighted by molar-refractivity contribution is 9.10. The largest absolute Gasteiger partial charge is 0.368 e. The van der Waals surface area contributed by atoms with Crippen molar-refractivity contribution in [2.75, 3.05) is 17.7 Å². The van der Waals surface area contributed by atoms with Crippen molar-refractivity contribution in [1.29, 1.82) is 0 Å². The number of halogens is 1. The normalized spacial score (nSPS) is 24.6. The number of nitrogen functional groups attached to an aromatic ring is 1. The van der Waals surface area contributed by atoms with Crippen LogP contribution in [0.5, 0.6) is 0 Å². The van der Waals surface area contributed by atoms with Gasteiger partial charge in [0.2, 0.25) is 5.95 Å². The highest BCUT2D eigenvalue weighted by Crippen LogP contribution is 2.31. The predicted octanol–water partition coefficient (Wildman–Crippen LogP) is 2.84. The second-order valence-electron chi connectivity index (χ2n) is 4.92. The lowest BCUT2D eigenvalue weighted by molar-refractivity contribution is 0.340. The van der Waals surface area contributed by atoms with Gasteiger partial charge in [0.1, 0.15) is 5.82 Å². The van der Waals surface area contributed by atoms with E-state index in [1.54, 1.807) is 6.20 Å². The molecule has 0 unspecified atom stereocenters. The molecule has 2 rings (SSSR count). The van der Waals surface area contributed by atoms with Gasteiger partial charge in [-0.2, -0.15) is 4.98 Å². The molecule has 1 aliphatic rings. The lowest BCUT2D eigenvalue weighted by Gasteiger charge is -2.34. The standard InChI is InChI=1S/C12H19BrN4/c1-8-3-5-9(6-4-8)17(2)11-10(13)7-15-12(14)16-11/h7-9H,3-6H2,1-2H3,(H2,14,15,16). The first kappa shape index (κ1) is 12.6. The Morgan fingerprint density at radius 2 is 2.00 bits per heavy atom. The maximum atomic E-state index is 5.65. The Morgan fingerprint density at radius 1 is 1.35 bits per heavy atom. The quantitative estimate of drug-likeness (QED) is 0.912. The van der Waals surface area contributed by atoms with E-state index in [0.717, 1.165) is 16.2 Å². The molecule has 0 spiro atoms. The van der Waals surface area contributed by atoms with Crippen molar-refractivity contribution in [3.63, 3.8) is 0 Å². The van der Waals surface area contributed by atoms with Crippen molar-refractivity contribution in [2.45, 2.75) is 38.6 Å². The van der Waals surface area contributed by atoms with E-state index in [4.69, 9.17) is 5.73 Å². The molecule has 0 aliphatic heterocycles. The maximum Gasteiger partial charge on any atom is 0.222 e. The summed E-state index contributed by atoms with van der Waals surface area (Å²) in [6.07, 6.45) is 6.78. The molecule has 5 heteroatoms. The number of hydrogen-bond donors (Lipinski definition) is 1. The summed E-state index contributed by atoms with van der Waals surface area (Å²) in [5.41, 5.74) is 5.65. The number of nitrogens with two attached hydrogens (primary N) is 1. The molecule has 94 valence electrons. The third-order valence-corrected chi connectivity index (χ3v) is 4.17. The number of aromatic nitrogens is 2. The molecule has 0 atom stereocenters. The van der Waals surface area contributed by atoms with Gasteiger partial charge in [0.25, 0.3) is 0 Å². The van der Waals surface area contributed by atoms with Crippen LogP contribution in [0.2, 0.25) is 0 Å². The summed E-state index contributed by atoms with van der Waals surface area (Å²) in [4.78, 5) is 10.5. The Balaban J connectivity index is 2.13. The molecule has 0 bridgehead atoms. The Kier molecular flexibility index (Phi) is 3.86. The van der Waals surface area contributed by atoms with Gasteiger partial charge in [-0.05, 0) is 47.5 Å². The van der Waals surface area contributed by atoms with Crippen LogP contribution in [0.1, 0.15) is 32.6 Å². The monoisotopic (exact) mass is 298 g/mol. The summed E-state index contributed by atoms with van der Waals surface area (Å²) in [5.74, 6) is 2.09. The molecule has 1 aromatic heterocycles. The van der Waals surface area contributed by atoms with E-state index in [-0.39, 0.29) is 0 Å². The van der Waals surface area contributed by atoms with Crippen LogP contribution in [0.15, 0.2) is 10.7 Å².